The molecule has 94 valence electrons. The van der Waals surface area contributed by atoms with Gasteiger partial charge in [0.2, 0.25) is 5.91 Å². The van der Waals surface area contributed by atoms with Gasteiger partial charge in [0, 0.05) is 31.9 Å². The number of carbonyl (C=O) groups excluding carboxylic acids is 1. The van der Waals surface area contributed by atoms with Gasteiger partial charge in [-0.05, 0) is 19.3 Å². The van der Waals surface area contributed by atoms with Gasteiger partial charge >= 0.3 is 0 Å². The zero-order chi connectivity index (χ0) is 12.4. The number of alkyl halides is 1. The van der Waals surface area contributed by atoms with Crippen molar-refractivity contribution in [2.75, 3.05) is 6.54 Å². The van der Waals surface area contributed by atoms with Gasteiger partial charge in [-0.1, -0.05) is 22.9 Å². The molecule has 0 radical (unpaired) electrons. The topological polar surface area (TPSA) is 38.1 Å². The van der Waals surface area contributed by atoms with Gasteiger partial charge in [-0.15, -0.1) is 0 Å². The van der Waals surface area contributed by atoms with Crippen molar-refractivity contribution < 1.29 is 4.79 Å². The summed E-state index contributed by atoms with van der Waals surface area (Å²) in [6, 6.07) is 0. The molecule has 4 nitrogen and oxygen atoms in total. The Morgan fingerprint density at radius 2 is 2.35 bits per heavy atom. The second-order valence-electron chi connectivity index (χ2n) is 4.50. The molecule has 1 fully saturated rings. The van der Waals surface area contributed by atoms with Crippen LogP contribution in [0.5, 0.6) is 0 Å². The van der Waals surface area contributed by atoms with Crippen molar-refractivity contribution in [1.29, 1.82) is 0 Å². The van der Waals surface area contributed by atoms with E-state index in [2.05, 4.69) is 28.0 Å². The van der Waals surface area contributed by atoms with E-state index in [0.29, 0.717) is 6.54 Å². The maximum Gasteiger partial charge on any atom is 0.236 e. The molecule has 0 aliphatic carbocycles. The number of rotatable bonds is 3. The largest absolute Gasteiger partial charge is 0.337 e. The molecule has 5 heteroatoms. The van der Waals surface area contributed by atoms with Gasteiger partial charge in [0.15, 0.2) is 0 Å². The van der Waals surface area contributed by atoms with Gasteiger partial charge in [0.1, 0.15) is 0 Å². The molecule has 0 spiro atoms. The normalized spacial score (nSPS) is 21.0. The number of nitrogens with zero attached hydrogens (tertiary/aromatic N) is 3. The Hall–Kier alpha value is -0.840. The Morgan fingerprint density at radius 3 is 3.06 bits per heavy atom. The average molecular weight is 300 g/mol. The van der Waals surface area contributed by atoms with Crippen LogP contribution in [0, 0.1) is 0 Å². The van der Waals surface area contributed by atoms with Gasteiger partial charge in [-0.25, -0.2) is 0 Å². The fraction of sp³-hybridized carbons (Fsp3) is 0.667. The number of aromatic nitrogens is 2. The smallest absolute Gasteiger partial charge is 0.236 e. The van der Waals surface area contributed by atoms with E-state index >= 15 is 0 Å². The molecule has 0 aromatic carbocycles. The van der Waals surface area contributed by atoms with Crippen LogP contribution in [0.2, 0.25) is 0 Å². The molecule has 0 saturated carbocycles. The summed E-state index contributed by atoms with van der Waals surface area (Å²) in [7, 11) is 1.92. The summed E-state index contributed by atoms with van der Waals surface area (Å²) in [5, 5.41) is 4.41. The SMILES string of the molecule is CCc1nn(C)cc1CN1CCCC(Br)C1=O. The Kier molecular flexibility index (Phi) is 3.86. The molecule has 1 atom stereocenters. The molecule has 1 aliphatic heterocycles. The minimum atomic E-state index is -0.00185. The third kappa shape index (κ3) is 2.70. The van der Waals surface area contributed by atoms with Gasteiger partial charge in [0.25, 0.3) is 0 Å². The fourth-order valence-electron chi connectivity index (χ4n) is 2.27. The summed E-state index contributed by atoms with van der Waals surface area (Å²) in [6.07, 6.45) is 4.95. The van der Waals surface area contributed by atoms with Gasteiger partial charge in [-0.2, -0.15) is 5.10 Å². The Bertz CT molecular complexity index is 416. The van der Waals surface area contributed by atoms with Crippen LogP contribution < -0.4 is 0 Å². The third-order valence-corrected chi connectivity index (χ3v) is 4.00. The third-order valence-electron chi connectivity index (χ3n) is 3.15. The van der Waals surface area contributed by atoms with Crippen LogP contribution >= 0.6 is 15.9 Å². The molecule has 1 saturated heterocycles. The van der Waals surface area contributed by atoms with Gasteiger partial charge < -0.3 is 4.90 Å². The van der Waals surface area contributed by atoms with Gasteiger partial charge in [0.05, 0.1) is 10.5 Å². The molecule has 1 unspecified atom stereocenters. The molecule has 1 amide bonds. The number of halogens is 1. The maximum atomic E-state index is 12.0. The Balaban J connectivity index is 2.11. The first kappa shape index (κ1) is 12.6. The zero-order valence-corrected chi connectivity index (χ0v) is 11.9. The minimum absolute atomic E-state index is 0.00185. The summed E-state index contributed by atoms with van der Waals surface area (Å²) < 4.78 is 1.83. The lowest BCUT2D eigenvalue weighted by molar-refractivity contribution is -0.133. The first-order chi connectivity index (χ1) is 8.11. The predicted octanol–water partition coefficient (Wildman–Crippen LogP) is 1.87. The minimum Gasteiger partial charge on any atom is -0.337 e. The molecule has 1 aliphatic rings. The lowest BCUT2D eigenvalue weighted by Crippen LogP contribution is -2.41. The van der Waals surface area contributed by atoms with E-state index in [0.717, 1.165) is 31.5 Å². The van der Waals surface area contributed by atoms with Crippen LogP contribution in [-0.4, -0.2) is 32.0 Å². The summed E-state index contributed by atoms with van der Waals surface area (Å²) in [5.41, 5.74) is 2.27. The number of carbonyl (C=O) groups is 1. The number of amides is 1. The molecule has 0 N–H and O–H groups in total. The van der Waals surface area contributed by atoms with E-state index in [1.165, 1.54) is 5.56 Å². The van der Waals surface area contributed by atoms with Crippen LogP contribution in [0.15, 0.2) is 6.20 Å². The molecule has 1 aromatic rings. The molecule has 17 heavy (non-hydrogen) atoms. The van der Waals surface area contributed by atoms with Crippen molar-refractivity contribution in [3.63, 3.8) is 0 Å². The van der Waals surface area contributed by atoms with Crippen molar-refractivity contribution in [1.82, 2.24) is 14.7 Å². The van der Waals surface area contributed by atoms with Crippen molar-refractivity contribution in [2.45, 2.75) is 37.6 Å². The highest BCUT2D eigenvalue weighted by Gasteiger charge is 2.27. The number of hydrogen-bond donors (Lipinski definition) is 0. The summed E-state index contributed by atoms with van der Waals surface area (Å²) in [4.78, 5) is 13.9. The van der Waals surface area contributed by atoms with E-state index < -0.39 is 0 Å². The van der Waals surface area contributed by atoms with E-state index in [4.69, 9.17) is 0 Å². The van der Waals surface area contributed by atoms with E-state index in [9.17, 15) is 4.79 Å². The summed E-state index contributed by atoms with van der Waals surface area (Å²) in [5.74, 6) is 0.210. The number of hydrogen-bond acceptors (Lipinski definition) is 2. The van der Waals surface area contributed by atoms with Crippen molar-refractivity contribution in [3.05, 3.63) is 17.5 Å². The van der Waals surface area contributed by atoms with E-state index in [-0.39, 0.29) is 10.7 Å². The van der Waals surface area contributed by atoms with Crippen molar-refractivity contribution >= 4 is 21.8 Å². The average Bonchev–Trinajstić information content (AvgIpc) is 2.65. The van der Waals surface area contributed by atoms with Crippen LogP contribution in [0.3, 0.4) is 0 Å². The lowest BCUT2D eigenvalue weighted by atomic mass is 10.1. The fourth-order valence-corrected chi connectivity index (χ4v) is 2.88. The van der Waals surface area contributed by atoms with Crippen LogP contribution in [0.4, 0.5) is 0 Å². The standard InChI is InChI=1S/C12H18BrN3O/c1-3-11-9(7-15(2)14-11)8-16-6-4-5-10(13)12(16)17/h7,10H,3-6,8H2,1-2H3. The number of piperidine rings is 1. The summed E-state index contributed by atoms with van der Waals surface area (Å²) >= 11 is 3.44. The van der Waals surface area contributed by atoms with Crippen LogP contribution in [-0.2, 0) is 24.8 Å². The monoisotopic (exact) mass is 299 g/mol. The van der Waals surface area contributed by atoms with Crippen molar-refractivity contribution in [3.8, 4) is 0 Å². The van der Waals surface area contributed by atoms with Gasteiger partial charge in [-0.3, -0.25) is 9.48 Å². The van der Waals surface area contributed by atoms with E-state index in [1.807, 2.05) is 22.8 Å². The highest BCUT2D eigenvalue weighted by molar-refractivity contribution is 9.10. The molecule has 2 heterocycles. The lowest BCUT2D eigenvalue weighted by Gasteiger charge is -2.29. The molecule has 0 bridgehead atoms. The second-order valence-corrected chi connectivity index (χ2v) is 5.60. The Morgan fingerprint density at radius 1 is 1.59 bits per heavy atom. The van der Waals surface area contributed by atoms with Crippen LogP contribution in [0.25, 0.3) is 0 Å². The first-order valence-electron chi connectivity index (χ1n) is 6.06. The molecule has 1 aromatic heterocycles. The summed E-state index contributed by atoms with van der Waals surface area (Å²) in [6.45, 7) is 3.65. The highest BCUT2D eigenvalue weighted by atomic mass is 79.9. The predicted molar refractivity (Wildman–Crippen MR) is 70.0 cm³/mol. The molecular weight excluding hydrogens is 282 g/mol. The second kappa shape index (κ2) is 5.21. The number of aryl methyl sites for hydroxylation is 2. The Labute approximate surface area is 110 Å². The van der Waals surface area contributed by atoms with E-state index in [1.54, 1.807) is 0 Å². The molecule has 2 rings (SSSR count). The first-order valence-corrected chi connectivity index (χ1v) is 6.97. The highest BCUT2D eigenvalue weighted by Crippen LogP contribution is 2.21. The quantitative estimate of drug-likeness (QED) is 0.799. The van der Waals surface area contributed by atoms with Crippen molar-refractivity contribution in [2.24, 2.45) is 7.05 Å². The maximum absolute atomic E-state index is 12.0. The molecular formula is C12H18BrN3O. The zero-order valence-electron chi connectivity index (χ0n) is 10.3. The van der Waals surface area contributed by atoms with Crippen LogP contribution in [0.1, 0.15) is 31.0 Å². The number of likely N-dealkylation sites (tertiary alicyclic amines) is 1.